The van der Waals surface area contributed by atoms with Crippen molar-refractivity contribution in [2.24, 2.45) is 5.92 Å². The van der Waals surface area contributed by atoms with Crippen LogP contribution < -0.4 is 5.32 Å². The SMILES string of the molecule is CCC(CC)c1nnc(NC(=O)C2CCC2)s1. The number of carbonyl (C=O) groups is 1. The van der Waals surface area contributed by atoms with E-state index >= 15 is 0 Å². The van der Waals surface area contributed by atoms with Gasteiger partial charge in [0.25, 0.3) is 0 Å². The summed E-state index contributed by atoms with van der Waals surface area (Å²) in [5, 5.41) is 12.8. The topological polar surface area (TPSA) is 54.9 Å². The number of nitrogens with zero attached hydrogens (tertiary/aromatic N) is 2. The van der Waals surface area contributed by atoms with E-state index in [4.69, 9.17) is 0 Å². The standard InChI is InChI=1S/C12H19N3OS/c1-3-8(4-2)11-14-15-12(17-11)13-10(16)9-6-5-7-9/h8-9H,3-7H2,1-2H3,(H,13,15,16). The normalized spacial score (nSPS) is 15.9. The van der Waals surface area contributed by atoms with Crippen LogP contribution in [0.2, 0.25) is 0 Å². The molecule has 1 aromatic rings. The fraction of sp³-hybridized carbons (Fsp3) is 0.750. The molecule has 0 aromatic carbocycles. The second-order valence-corrected chi connectivity index (χ2v) is 5.59. The minimum Gasteiger partial charge on any atom is -0.300 e. The van der Waals surface area contributed by atoms with Crippen LogP contribution in [0.4, 0.5) is 5.13 Å². The van der Waals surface area contributed by atoms with Crippen molar-refractivity contribution >= 4 is 22.4 Å². The van der Waals surface area contributed by atoms with Gasteiger partial charge >= 0.3 is 0 Å². The van der Waals surface area contributed by atoms with Gasteiger partial charge < -0.3 is 5.32 Å². The smallest absolute Gasteiger partial charge is 0.229 e. The van der Waals surface area contributed by atoms with Crippen molar-refractivity contribution in [3.8, 4) is 0 Å². The lowest BCUT2D eigenvalue weighted by molar-refractivity contribution is -0.122. The quantitative estimate of drug-likeness (QED) is 0.876. The average molecular weight is 253 g/mol. The number of hydrogen-bond acceptors (Lipinski definition) is 4. The number of nitrogens with one attached hydrogen (secondary N) is 1. The van der Waals surface area contributed by atoms with Gasteiger partial charge in [0, 0.05) is 11.8 Å². The van der Waals surface area contributed by atoms with E-state index < -0.39 is 0 Å². The number of aromatic nitrogens is 2. The van der Waals surface area contributed by atoms with Crippen molar-refractivity contribution in [2.75, 3.05) is 5.32 Å². The third-order valence-electron chi connectivity index (χ3n) is 3.48. The van der Waals surface area contributed by atoms with Crippen LogP contribution in [0.1, 0.15) is 56.9 Å². The molecule has 0 spiro atoms. The lowest BCUT2D eigenvalue weighted by Gasteiger charge is -2.23. The summed E-state index contributed by atoms with van der Waals surface area (Å²) >= 11 is 1.52. The summed E-state index contributed by atoms with van der Waals surface area (Å²) in [4.78, 5) is 11.7. The molecule has 5 heteroatoms. The molecule has 1 saturated carbocycles. The van der Waals surface area contributed by atoms with Crippen molar-refractivity contribution in [3.63, 3.8) is 0 Å². The van der Waals surface area contributed by atoms with Crippen molar-refractivity contribution in [1.82, 2.24) is 10.2 Å². The molecule has 4 nitrogen and oxygen atoms in total. The zero-order chi connectivity index (χ0) is 12.3. The first kappa shape index (κ1) is 12.5. The molecular weight excluding hydrogens is 234 g/mol. The molecular formula is C12H19N3OS. The molecule has 1 heterocycles. The van der Waals surface area contributed by atoms with E-state index in [1.54, 1.807) is 0 Å². The molecule has 1 aliphatic carbocycles. The highest BCUT2D eigenvalue weighted by molar-refractivity contribution is 7.15. The van der Waals surface area contributed by atoms with Crippen LogP contribution >= 0.6 is 11.3 Å². The fourth-order valence-electron chi connectivity index (χ4n) is 1.97. The van der Waals surface area contributed by atoms with E-state index in [0.29, 0.717) is 11.0 Å². The van der Waals surface area contributed by atoms with Crippen molar-refractivity contribution < 1.29 is 4.79 Å². The summed E-state index contributed by atoms with van der Waals surface area (Å²) in [6.45, 7) is 4.31. The summed E-state index contributed by atoms with van der Waals surface area (Å²) in [7, 11) is 0. The Balaban J connectivity index is 1.95. The molecule has 0 radical (unpaired) electrons. The Bertz CT molecular complexity index is 383. The first-order valence-electron chi connectivity index (χ1n) is 6.38. The van der Waals surface area contributed by atoms with E-state index in [1.165, 1.54) is 17.8 Å². The maximum Gasteiger partial charge on any atom is 0.229 e. The van der Waals surface area contributed by atoms with E-state index in [9.17, 15) is 4.79 Å². The largest absolute Gasteiger partial charge is 0.300 e. The molecule has 94 valence electrons. The molecule has 0 aliphatic heterocycles. The Hall–Kier alpha value is -0.970. The summed E-state index contributed by atoms with van der Waals surface area (Å²) in [5.74, 6) is 0.792. The van der Waals surface area contributed by atoms with Gasteiger partial charge in [0.1, 0.15) is 5.01 Å². The fourth-order valence-corrected chi connectivity index (χ4v) is 2.98. The highest BCUT2D eigenvalue weighted by Gasteiger charge is 2.26. The van der Waals surface area contributed by atoms with Crippen LogP contribution in [0, 0.1) is 5.92 Å². The van der Waals surface area contributed by atoms with Crippen molar-refractivity contribution in [3.05, 3.63) is 5.01 Å². The Morgan fingerprint density at radius 2 is 2.12 bits per heavy atom. The summed E-state index contributed by atoms with van der Waals surface area (Å²) in [5.41, 5.74) is 0. The van der Waals surface area contributed by atoms with Crippen molar-refractivity contribution in [1.29, 1.82) is 0 Å². The maximum atomic E-state index is 11.7. The second-order valence-electron chi connectivity index (χ2n) is 4.58. The van der Waals surface area contributed by atoms with Gasteiger partial charge in [0.15, 0.2) is 0 Å². The zero-order valence-corrected chi connectivity index (χ0v) is 11.2. The van der Waals surface area contributed by atoms with E-state index in [-0.39, 0.29) is 11.8 Å². The van der Waals surface area contributed by atoms with Gasteiger partial charge in [0.05, 0.1) is 0 Å². The van der Waals surface area contributed by atoms with Gasteiger partial charge in [-0.3, -0.25) is 4.79 Å². The highest BCUT2D eigenvalue weighted by Crippen LogP contribution is 2.30. The van der Waals surface area contributed by atoms with Crippen LogP contribution in [0.15, 0.2) is 0 Å². The lowest BCUT2D eigenvalue weighted by Crippen LogP contribution is -2.27. The molecule has 1 amide bonds. The Labute approximate surface area is 106 Å². The predicted molar refractivity (Wildman–Crippen MR) is 69.2 cm³/mol. The summed E-state index contributed by atoms with van der Waals surface area (Å²) in [6.07, 6.45) is 5.35. The first-order chi connectivity index (χ1) is 8.24. The molecule has 1 fully saturated rings. The molecule has 0 bridgehead atoms. The monoisotopic (exact) mass is 253 g/mol. The number of carbonyl (C=O) groups excluding carboxylic acids is 1. The van der Waals surface area contributed by atoms with Crippen LogP contribution in [0.5, 0.6) is 0 Å². The Morgan fingerprint density at radius 3 is 2.65 bits per heavy atom. The third-order valence-corrected chi connectivity index (χ3v) is 4.48. The Kier molecular flexibility index (Phi) is 4.10. The van der Waals surface area contributed by atoms with E-state index in [2.05, 4.69) is 29.4 Å². The molecule has 1 aliphatic rings. The first-order valence-corrected chi connectivity index (χ1v) is 7.20. The average Bonchev–Trinajstić information content (AvgIpc) is 2.65. The van der Waals surface area contributed by atoms with Gasteiger partial charge in [-0.05, 0) is 25.7 Å². The molecule has 0 saturated heterocycles. The summed E-state index contributed by atoms with van der Waals surface area (Å²) < 4.78 is 0. The Morgan fingerprint density at radius 1 is 1.41 bits per heavy atom. The molecule has 17 heavy (non-hydrogen) atoms. The van der Waals surface area contributed by atoms with E-state index in [0.717, 1.165) is 30.7 Å². The molecule has 0 atom stereocenters. The van der Waals surface area contributed by atoms with Gasteiger partial charge in [-0.1, -0.05) is 31.6 Å². The zero-order valence-electron chi connectivity index (χ0n) is 10.4. The molecule has 1 aromatic heterocycles. The van der Waals surface area contributed by atoms with E-state index in [1.807, 2.05) is 0 Å². The number of rotatable bonds is 5. The van der Waals surface area contributed by atoms with Crippen molar-refractivity contribution in [2.45, 2.75) is 51.9 Å². The summed E-state index contributed by atoms with van der Waals surface area (Å²) in [6, 6.07) is 0. The van der Waals surface area contributed by atoms with Gasteiger partial charge in [-0.25, -0.2) is 0 Å². The third kappa shape index (κ3) is 2.83. The van der Waals surface area contributed by atoms with Crippen LogP contribution in [-0.2, 0) is 4.79 Å². The lowest BCUT2D eigenvalue weighted by atomic mass is 9.85. The minimum absolute atomic E-state index is 0.114. The minimum atomic E-state index is 0.114. The van der Waals surface area contributed by atoms with Crippen LogP contribution in [0.25, 0.3) is 0 Å². The molecule has 0 unspecified atom stereocenters. The molecule has 1 N–H and O–H groups in total. The highest BCUT2D eigenvalue weighted by atomic mass is 32.1. The molecule has 2 rings (SSSR count). The van der Waals surface area contributed by atoms with Crippen LogP contribution in [0.3, 0.4) is 0 Å². The van der Waals surface area contributed by atoms with Gasteiger partial charge in [0.2, 0.25) is 11.0 Å². The number of amides is 1. The van der Waals surface area contributed by atoms with Crippen LogP contribution in [-0.4, -0.2) is 16.1 Å². The maximum absolute atomic E-state index is 11.7. The number of anilines is 1. The predicted octanol–water partition coefficient (Wildman–Crippen LogP) is 3.18. The van der Waals surface area contributed by atoms with Gasteiger partial charge in [-0.2, -0.15) is 0 Å². The van der Waals surface area contributed by atoms with Gasteiger partial charge in [-0.15, -0.1) is 10.2 Å². The number of hydrogen-bond donors (Lipinski definition) is 1. The second kappa shape index (κ2) is 5.58.